The van der Waals surface area contributed by atoms with Crippen LogP contribution in [0.5, 0.6) is 0 Å². The lowest BCUT2D eigenvalue weighted by atomic mass is 10.1. The minimum Gasteiger partial charge on any atom is -0.351 e. The van der Waals surface area contributed by atoms with Crippen molar-refractivity contribution in [3.05, 3.63) is 58.9 Å². The van der Waals surface area contributed by atoms with Crippen molar-refractivity contribution in [3.8, 4) is 0 Å². The van der Waals surface area contributed by atoms with Gasteiger partial charge in [-0.15, -0.1) is 6.58 Å². The summed E-state index contributed by atoms with van der Waals surface area (Å²) < 4.78 is 1.50. The predicted octanol–water partition coefficient (Wildman–Crippen LogP) is 1.61. The fraction of sp³-hybridized carbons (Fsp3) is 0.200. The van der Waals surface area contributed by atoms with Crippen LogP contribution in [0.3, 0.4) is 0 Å². The van der Waals surface area contributed by atoms with Gasteiger partial charge in [0.05, 0.1) is 5.52 Å². The molecule has 0 bridgehead atoms. The fourth-order valence-corrected chi connectivity index (χ4v) is 2.02. The highest BCUT2D eigenvalue weighted by molar-refractivity contribution is 5.82. The van der Waals surface area contributed by atoms with Crippen molar-refractivity contribution in [1.29, 1.82) is 0 Å². The molecule has 1 N–H and O–H groups in total. The largest absolute Gasteiger partial charge is 0.351 e. The van der Waals surface area contributed by atoms with Gasteiger partial charge in [0.15, 0.2) is 0 Å². The lowest BCUT2D eigenvalue weighted by molar-refractivity contribution is -0.121. The summed E-state index contributed by atoms with van der Waals surface area (Å²) in [6, 6.07) is 9.39. The van der Waals surface area contributed by atoms with Gasteiger partial charge in [0.1, 0.15) is 6.54 Å². The van der Waals surface area contributed by atoms with Crippen LogP contribution in [0.2, 0.25) is 0 Å². The summed E-state index contributed by atoms with van der Waals surface area (Å²) in [6.45, 7) is 5.72. The molecule has 0 radical (unpaired) electrons. The fourth-order valence-electron chi connectivity index (χ4n) is 2.02. The number of fused-ring (bicyclic) bond motifs is 1. The van der Waals surface area contributed by atoms with Crippen LogP contribution >= 0.6 is 0 Å². The molecule has 2 rings (SSSR count). The number of carbonyl (C=O) groups is 1. The Morgan fingerprint density at radius 3 is 2.89 bits per heavy atom. The van der Waals surface area contributed by atoms with Crippen molar-refractivity contribution in [2.75, 3.05) is 6.54 Å². The average Bonchev–Trinajstić information content (AvgIpc) is 2.41. The molecule has 1 heterocycles. The number of nitrogens with zero attached hydrogens (tertiary/aromatic N) is 1. The lowest BCUT2D eigenvalue weighted by Crippen LogP contribution is -2.33. The minimum absolute atomic E-state index is 0.0227. The first-order valence-corrected chi connectivity index (χ1v) is 6.10. The molecule has 2 aromatic rings. The van der Waals surface area contributed by atoms with E-state index in [1.807, 2.05) is 30.3 Å². The molecule has 0 spiro atoms. The van der Waals surface area contributed by atoms with Crippen LogP contribution in [0.1, 0.15) is 5.56 Å². The monoisotopic (exact) mass is 256 g/mol. The molecule has 4 heteroatoms. The van der Waals surface area contributed by atoms with E-state index in [1.54, 1.807) is 13.0 Å². The molecule has 0 atom stereocenters. The van der Waals surface area contributed by atoms with Crippen LogP contribution in [-0.4, -0.2) is 17.0 Å². The molecule has 1 aromatic carbocycles. The number of para-hydroxylation sites is 1. The number of pyridine rings is 1. The predicted molar refractivity (Wildman–Crippen MR) is 76.2 cm³/mol. The maximum absolute atomic E-state index is 12.2. The molecular formula is C15H16N2O2. The summed E-state index contributed by atoms with van der Waals surface area (Å²) in [5, 5.41) is 3.63. The molecule has 98 valence electrons. The second-order valence-corrected chi connectivity index (χ2v) is 4.37. The molecular weight excluding hydrogens is 240 g/mol. The van der Waals surface area contributed by atoms with Crippen molar-refractivity contribution >= 4 is 16.8 Å². The molecule has 1 amide bonds. The van der Waals surface area contributed by atoms with E-state index in [1.165, 1.54) is 4.57 Å². The first kappa shape index (κ1) is 13.1. The molecule has 0 saturated heterocycles. The Morgan fingerprint density at radius 1 is 1.42 bits per heavy atom. The van der Waals surface area contributed by atoms with Crippen LogP contribution < -0.4 is 10.9 Å². The summed E-state index contributed by atoms with van der Waals surface area (Å²) in [4.78, 5) is 23.9. The average molecular weight is 256 g/mol. The van der Waals surface area contributed by atoms with Gasteiger partial charge in [-0.25, -0.2) is 0 Å². The smallest absolute Gasteiger partial charge is 0.254 e. The van der Waals surface area contributed by atoms with Gasteiger partial charge in [-0.1, -0.05) is 24.3 Å². The SMILES string of the molecule is C=CCNC(=O)Cn1c(=O)c(C)cc2ccccc21. The van der Waals surface area contributed by atoms with E-state index >= 15 is 0 Å². The zero-order chi connectivity index (χ0) is 13.8. The van der Waals surface area contributed by atoms with E-state index in [0.717, 1.165) is 10.9 Å². The maximum Gasteiger partial charge on any atom is 0.254 e. The number of rotatable bonds is 4. The number of aryl methyl sites for hydroxylation is 1. The number of benzene rings is 1. The van der Waals surface area contributed by atoms with Gasteiger partial charge in [0, 0.05) is 12.1 Å². The zero-order valence-electron chi connectivity index (χ0n) is 10.8. The quantitative estimate of drug-likeness (QED) is 0.845. The number of carbonyl (C=O) groups excluding carboxylic acids is 1. The minimum atomic E-state index is -0.197. The van der Waals surface area contributed by atoms with Crippen LogP contribution in [-0.2, 0) is 11.3 Å². The van der Waals surface area contributed by atoms with Crippen molar-refractivity contribution in [3.63, 3.8) is 0 Å². The van der Waals surface area contributed by atoms with Gasteiger partial charge in [-0.3, -0.25) is 14.2 Å². The summed E-state index contributed by atoms with van der Waals surface area (Å²) in [5.74, 6) is -0.197. The van der Waals surface area contributed by atoms with Gasteiger partial charge in [-0.05, 0) is 24.4 Å². The van der Waals surface area contributed by atoms with Crippen LogP contribution in [0.25, 0.3) is 10.9 Å². The van der Waals surface area contributed by atoms with Crippen LogP contribution in [0, 0.1) is 6.92 Å². The van der Waals surface area contributed by atoms with E-state index in [2.05, 4.69) is 11.9 Å². The van der Waals surface area contributed by atoms with E-state index in [0.29, 0.717) is 12.1 Å². The van der Waals surface area contributed by atoms with E-state index in [-0.39, 0.29) is 18.0 Å². The van der Waals surface area contributed by atoms with E-state index in [4.69, 9.17) is 0 Å². The topological polar surface area (TPSA) is 51.1 Å². The maximum atomic E-state index is 12.2. The molecule has 1 aromatic heterocycles. The van der Waals surface area contributed by atoms with Crippen LogP contribution in [0.4, 0.5) is 0 Å². The highest BCUT2D eigenvalue weighted by Crippen LogP contribution is 2.12. The molecule has 0 saturated carbocycles. The summed E-state index contributed by atoms with van der Waals surface area (Å²) >= 11 is 0. The summed E-state index contributed by atoms with van der Waals surface area (Å²) in [6.07, 6.45) is 1.61. The van der Waals surface area contributed by atoms with Crippen molar-refractivity contribution < 1.29 is 4.79 Å². The van der Waals surface area contributed by atoms with Crippen LogP contribution in [0.15, 0.2) is 47.8 Å². The molecule has 0 fully saturated rings. The van der Waals surface area contributed by atoms with Gasteiger partial charge in [0.25, 0.3) is 5.56 Å². The standard InChI is InChI=1S/C15H16N2O2/c1-3-8-16-14(18)10-17-13-7-5-4-6-12(13)9-11(2)15(17)19/h3-7,9H,1,8,10H2,2H3,(H,16,18). The Morgan fingerprint density at radius 2 is 2.16 bits per heavy atom. The Labute approximate surface area is 111 Å². The molecule has 19 heavy (non-hydrogen) atoms. The van der Waals surface area contributed by atoms with Gasteiger partial charge in [-0.2, -0.15) is 0 Å². The van der Waals surface area contributed by atoms with Crippen molar-refractivity contribution in [2.45, 2.75) is 13.5 Å². The van der Waals surface area contributed by atoms with Gasteiger partial charge < -0.3 is 5.32 Å². The molecule has 0 aliphatic rings. The van der Waals surface area contributed by atoms with Gasteiger partial charge in [0.2, 0.25) is 5.91 Å². The second-order valence-electron chi connectivity index (χ2n) is 4.37. The Bertz CT molecular complexity index is 686. The summed E-state index contributed by atoms with van der Waals surface area (Å²) in [7, 11) is 0. The Kier molecular flexibility index (Phi) is 3.80. The first-order valence-electron chi connectivity index (χ1n) is 6.10. The third-order valence-corrected chi connectivity index (χ3v) is 2.93. The molecule has 0 unspecified atom stereocenters. The number of amides is 1. The van der Waals surface area contributed by atoms with Crippen molar-refractivity contribution in [1.82, 2.24) is 9.88 Å². The van der Waals surface area contributed by atoms with E-state index < -0.39 is 0 Å². The molecule has 4 nitrogen and oxygen atoms in total. The second kappa shape index (κ2) is 5.52. The Balaban J connectivity index is 2.46. The third-order valence-electron chi connectivity index (χ3n) is 2.93. The first-order chi connectivity index (χ1) is 9.13. The molecule has 0 aliphatic heterocycles. The van der Waals surface area contributed by atoms with E-state index in [9.17, 15) is 9.59 Å². The van der Waals surface area contributed by atoms with Crippen molar-refractivity contribution in [2.24, 2.45) is 0 Å². The molecule has 0 aliphatic carbocycles. The number of nitrogens with one attached hydrogen (secondary N) is 1. The number of aromatic nitrogens is 1. The Hall–Kier alpha value is -2.36. The van der Waals surface area contributed by atoms with Gasteiger partial charge >= 0.3 is 0 Å². The highest BCUT2D eigenvalue weighted by atomic mass is 16.2. The normalized spacial score (nSPS) is 10.4. The highest BCUT2D eigenvalue weighted by Gasteiger charge is 2.09. The number of hydrogen-bond donors (Lipinski definition) is 1. The summed E-state index contributed by atoms with van der Waals surface area (Å²) in [5.41, 5.74) is 1.27. The third kappa shape index (κ3) is 2.73. The lowest BCUT2D eigenvalue weighted by Gasteiger charge is -2.11. The number of hydrogen-bond acceptors (Lipinski definition) is 2. The zero-order valence-corrected chi connectivity index (χ0v) is 10.8.